The van der Waals surface area contributed by atoms with Crippen molar-refractivity contribution in [1.29, 1.82) is 0 Å². The molecular formula is C20H20N2S. The minimum Gasteiger partial charge on any atom is -0.322 e. The fraction of sp³-hybridized carbons (Fsp3) is 0.100. The van der Waals surface area contributed by atoms with Crippen LogP contribution in [0.4, 0.5) is 5.69 Å². The highest BCUT2D eigenvalue weighted by Crippen LogP contribution is 2.36. The molecule has 0 aromatic heterocycles. The van der Waals surface area contributed by atoms with Gasteiger partial charge in [-0.25, -0.2) is 0 Å². The van der Waals surface area contributed by atoms with Gasteiger partial charge < -0.3 is 10.0 Å². The molecule has 23 heavy (non-hydrogen) atoms. The van der Waals surface area contributed by atoms with Gasteiger partial charge in [0.25, 0.3) is 0 Å². The third-order valence-electron chi connectivity index (χ3n) is 3.95. The molecule has 3 aromatic rings. The average molecular weight is 320 g/mol. The van der Waals surface area contributed by atoms with Gasteiger partial charge in [-0.15, -0.1) is 0 Å². The Morgan fingerprint density at radius 1 is 0.652 bits per heavy atom. The van der Waals surface area contributed by atoms with Crippen LogP contribution >= 0.6 is 12.8 Å². The minimum atomic E-state index is -0.184. The van der Waals surface area contributed by atoms with E-state index in [1.54, 1.807) is 0 Å². The number of hydrogen-bond donors (Lipinski definition) is 2. The fourth-order valence-electron chi connectivity index (χ4n) is 2.75. The summed E-state index contributed by atoms with van der Waals surface area (Å²) in [5.74, 6) is 0. The molecule has 2 atom stereocenters. The Bertz CT molecular complexity index is 671. The van der Waals surface area contributed by atoms with E-state index in [0.717, 1.165) is 16.8 Å². The first kappa shape index (κ1) is 15.7. The fourth-order valence-corrected chi connectivity index (χ4v) is 3.16. The number of benzene rings is 3. The van der Waals surface area contributed by atoms with E-state index in [9.17, 15) is 0 Å². The molecule has 3 rings (SSSR count). The summed E-state index contributed by atoms with van der Waals surface area (Å²) in [6.45, 7) is 0. The van der Waals surface area contributed by atoms with Gasteiger partial charge in [0.15, 0.2) is 0 Å². The van der Waals surface area contributed by atoms with E-state index >= 15 is 0 Å². The molecule has 0 amide bonds. The second-order valence-corrected chi connectivity index (χ2v) is 5.90. The van der Waals surface area contributed by atoms with Crippen molar-refractivity contribution < 1.29 is 0 Å². The Balaban J connectivity index is 2.01. The van der Waals surface area contributed by atoms with Crippen molar-refractivity contribution >= 4 is 18.5 Å². The smallest absolute Gasteiger partial charge is 0.0846 e. The van der Waals surface area contributed by atoms with E-state index in [1.807, 2.05) is 71.0 Å². The summed E-state index contributed by atoms with van der Waals surface area (Å²) >= 11 is 4.77. The lowest BCUT2D eigenvalue weighted by atomic mass is 9.93. The molecule has 3 heteroatoms. The number of hydrogen-bond acceptors (Lipinski definition) is 3. The molecule has 0 heterocycles. The highest BCUT2D eigenvalue weighted by molar-refractivity contribution is 7.81. The van der Waals surface area contributed by atoms with Gasteiger partial charge in [0.1, 0.15) is 0 Å². The number of rotatable bonds is 5. The Labute approximate surface area is 143 Å². The van der Waals surface area contributed by atoms with E-state index in [-0.39, 0.29) is 12.1 Å². The molecular weight excluding hydrogens is 300 g/mol. The summed E-state index contributed by atoms with van der Waals surface area (Å²) in [4.78, 5) is 0. The Morgan fingerprint density at radius 3 is 1.61 bits per heavy atom. The van der Waals surface area contributed by atoms with Crippen LogP contribution in [0.15, 0.2) is 91.0 Å². The molecule has 0 spiro atoms. The van der Waals surface area contributed by atoms with Gasteiger partial charge in [-0.05, 0) is 23.3 Å². The molecule has 0 saturated heterocycles. The zero-order chi connectivity index (χ0) is 16.1. The number of thiol groups is 1. The van der Waals surface area contributed by atoms with Gasteiger partial charge in [0, 0.05) is 5.69 Å². The Kier molecular flexibility index (Phi) is 5.01. The second-order valence-electron chi connectivity index (χ2n) is 5.47. The van der Waals surface area contributed by atoms with Crippen molar-refractivity contribution in [1.82, 2.24) is 0 Å². The maximum atomic E-state index is 6.62. The van der Waals surface area contributed by atoms with E-state index < -0.39 is 0 Å². The molecule has 116 valence electrons. The molecule has 3 aromatic carbocycles. The zero-order valence-corrected chi connectivity index (χ0v) is 13.7. The van der Waals surface area contributed by atoms with Crippen LogP contribution in [0, 0.1) is 0 Å². The minimum absolute atomic E-state index is 0.0654. The summed E-state index contributed by atoms with van der Waals surface area (Å²) in [5.41, 5.74) is 9.88. The normalized spacial score (nSPS) is 13.3. The quantitative estimate of drug-likeness (QED) is 0.663. The summed E-state index contributed by atoms with van der Waals surface area (Å²) in [5, 5.41) is 0. The Hall–Kier alpha value is -2.23. The summed E-state index contributed by atoms with van der Waals surface area (Å²) in [6.07, 6.45) is 0. The van der Waals surface area contributed by atoms with Crippen LogP contribution in [0.3, 0.4) is 0 Å². The first-order valence-corrected chi connectivity index (χ1v) is 8.06. The number of nitrogens with two attached hydrogens (primary N) is 1. The lowest BCUT2D eigenvalue weighted by molar-refractivity contribution is 0.582. The topological polar surface area (TPSA) is 29.3 Å². The summed E-state index contributed by atoms with van der Waals surface area (Å²) < 4.78 is 1.95. The van der Waals surface area contributed by atoms with Crippen molar-refractivity contribution in [3.63, 3.8) is 0 Å². The second kappa shape index (κ2) is 7.36. The van der Waals surface area contributed by atoms with Crippen molar-refractivity contribution in [3.05, 3.63) is 102 Å². The molecule has 0 radical (unpaired) electrons. The van der Waals surface area contributed by atoms with Crippen LogP contribution in [0.25, 0.3) is 0 Å². The maximum Gasteiger partial charge on any atom is 0.0846 e. The first-order valence-electron chi connectivity index (χ1n) is 7.66. The highest BCUT2D eigenvalue weighted by atomic mass is 32.1. The van der Waals surface area contributed by atoms with Crippen molar-refractivity contribution in [2.45, 2.75) is 12.1 Å². The molecule has 2 unspecified atom stereocenters. The van der Waals surface area contributed by atoms with E-state index in [1.165, 1.54) is 0 Å². The third-order valence-corrected chi connectivity index (χ3v) is 4.43. The van der Waals surface area contributed by atoms with Crippen LogP contribution < -0.4 is 10.0 Å². The molecule has 0 aliphatic rings. The van der Waals surface area contributed by atoms with Gasteiger partial charge in [0.05, 0.1) is 12.1 Å². The summed E-state index contributed by atoms with van der Waals surface area (Å²) in [7, 11) is 0. The molecule has 0 aliphatic heterocycles. The van der Waals surface area contributed by atoms with Crippen molar-refractivity contribution in [2.24, 2.45) is 5.73 Å². The van der Waals surface area contributed by atoms with Crippen LogP contribution in [0.5, 0.6) is 0 Å². The largest absolute Gasteiger partial charge is 0.322 e. The lowest BCUT2D eigenvalue weighted by Gasteiger charge is -2.33. The van der Waals surface area contributed by atoms with Crippen LogP contribution in [0.2, 0.25) is 0 Å². The van der Waals surface area contributed by atoms with Crippen LogP contribution in [-0.2, 0) is 0 Å². The monoisotopic (exact) mass is 320 g/mol. The molecule has 0 bridgehead atoms. The standard InChI is InChI=1S/C20H20N2S/c21-19(16-10-4-1-5-11-16)20(17-12-6-2-7-13-17)22(23)18-14-8-3-9-15-18/h1-15,19-20,23H,21H2. The van der Waals surface area contributed by atoms with Crippen molar-refractivity contribution in [3.8, 4) is 0 Å². The van der Waals surface area contributed by atoms with Gasteiger partial charge in [-0.1, -0.05) is 91.7 Å². The van der Waals surface area contributed by atoms with E-state index in [2.05, 4.69) is 24.3 Å². The number of anilines is 1. The molecule has 0 aliphatic carbocycles. The van der Waals surface area contributed by atoms with E-state index in [0.29, 0.717) is 0 Å². The molecule has 2 N–H and O–H groups in total. The van der Waals surface area contributed by atoms with Gasteiger partial charge in [-0.2, -0.15) is 0 Å². The van der Waals surface area contributed by atoms with Gasteiger partial charge >= 0.3 is 0 Å². The Morgan fingerprint density at radius 2 is 1.09 bits per heavy atom. The SMILES string of the molecule is NC(c1ccccc1)C(c1ccccc1)N(S)c1ccccc1. The van der Waals surface area contributed by atoms with Crippen LogP contribution in [-0.4, -0.2) is 0 Å². The van der Waals surface area contributed by atoms with Crippen molar-refractivity contribution in [2.75, 3.05) is 4.31 Å². The average Bonchev–Trinajstić information content (AvgIpc) is 2.64. The maximum absolute atomic E-state index is 6.62. The highest BCUT2D eigenvalue weighted by Gasteiger charge is 2.26. The van der Waals surface area contributed by atoms with E-state index in [4.69, 9.17) is 18.5 Å². The number of para-hydroxylation sites is 1. The van der Waals surface area contributed by atoms with Gasteiger partial charge in [-0.3, -0.25) is 0 Å². The van der Waals surface area contributed by atoms with Gasteiger partial charge in [0.2, 0.25) is 0 Å². The summed E-state index contributed by atoms with van der Waals surface area (Å²) in [6, 6.07) is 30.3. The zero-order valence-electron chi connectivity index (χ0n) is 12.8. The molecule has 2 nitrogen and oxygen atoms in total. The van der Waals surface area contributed by atoms with Crippen LogP contribution in [0.1, 0.15) is 23.2 Å². The predicted molar refractivity (Wildman–Crippen MR) is 100 cm³/mol. The third kappa shape index (κ3) is 3.58. The molecule has 0 fully saturated rings. The number of nitrogens with zero attached hydrogens (tertiary/aromatic N) is 1. The molecule has 0 saturated carbocycles. The first-order chi connectivity index (χ1) is 11.3. The lowest BCUT2D eigenvalue weighted by Crippen LogP contribution is -2.30. The predicted octanol–water partition coefficient (Wildman–Crippen LogP) is 4.78.